The lowest BCUT2D eigenvalue weighted by molar-refractivity contribution is -0.388. The first-order valence-electron chi connectivity index (χ1n) is 10.5. The molecule has 19 heteroatoms. The summed E-state index contributed by atoms with van der Waals surface area (Å²) in [6.45, 7) is 0. The van der Waals surface area contributed by atoms with Crippen molar-refractivity contribution in [1.29, 1.82) is 0 Å². The van der Waals surface area contributed by atoms with Crippen LogP contribution < -0.4 is 0 Å². The molecule has 0 aliphatic heterocycles. The number of rotatable bonds is 2. The van der Waals surface area contributed by atoms with Crippen LogP contribution in [-0.4, -0.2) is 46.1 Å². The van der Waals surface area contributed by atoms with E-state index < -0.39 is 77.5 Å². The second-order valence-corrected chi connectivity index (χ2v) is 17.9. The van der Waals surface area contributed by atoms with Crippen molar-refractivity contribution in [3.05, 3.63) is 53.5 Å². The molecule has 212 valence electrons. The SMILES string of the molecule is O=[N+]([O-])c1cc2c(cc1S(=O)(=O)O)[C@H]1[C@H]([C@@H]3[C@@H]2[C@]2(Cl)C(Cl)=C(Cl)[C@]3(Cl)C2(Cl)Cl)[C@]2(Cl)C(Cl)=C(Cl)[C@]1(Cl)C2(Cl)Cl. The number of hydrogen-bond acceptors (Lipinski definition) is 4. The Balaban J connectivity index is 1.84. The fraction of sp³-hybridized carbons (Fsp3) is 0.500. The molecule has 39 heavy (non-hydrogen) atoms. The second kappa shape index (κ2) is 8.20. The maximum Gasteiger partial charge on any atom is 0.301 e. The standard InChI is InChI=1S/C20H7Cl12NO5S/c21-11-13(23)17(27)9-7(15(11,25)19(17,29)30)3-1-5(33(34)35)6(39(36,37)38)2-4(3)8-10(9)18(28)14(24)12(22)16(8,26)20(18,31)32/h1-2,7-10H,(H,36,37,38)/t7-,8+,9+,10-,15+,16+,17+,18+/m1/s1. The number of nitro benzene ring substituents is 1. The van der Waals surface area contributed by atoms with Gasteiger partial charge in [-0.05, 0) is 17.2 Å². The first-order chi connectivity index (χ1) is 17.5. The molecule has 6 nitrogen and oxygen atoms in total. The maximum atomic E-state index is 12.3. The molecule has 4 bridgehead atoms. The molecule has 0 aromatic heterocycles. The first-order valence-corrected chi connectivity index (χ1v) is 16.4. The first kappa shape index (κ1) is 30.5. The summed E-state index contributed by atoms with van der Waals surface area (Å²) in [6.07, 6.45) is 0. The van der Waals surface area contributed by atoms with E-state index in [1.165, 1.54) is 0 Å². The Morgan fingerprint density at radius 2 is 1.03 bits per heavy atom. The van der Waals surface area contributed by atoms with Gasteiger partial charge in [-0.25, -0.2) is 0 Å². The topological polar surface area (TPSA) is 97.5 Å². The predicted octanol–water partition coefficient (Wildman–Crippen LogP) is 8.95. The smallest absolute Gasteiger partial charge is 0.282 e. The summed E-state index contributed by atoms with van der Waals surface area (Å²) in [5.41, 5.74) is -0.984. The van der Waals surface area contributed by atoms with Crippen LogP contribution in [0.2, 0.25) is 0 Å². The zero-order valence-electron chi connectivity index (χ0n) is 17.9. The zero-order chi connectivity index (χ0) is 29.4. The van der Waals surface area contributed by atoms with Gasteiger partial charge in [-0.1, -0.05) is 92.8 Å². The number of nitrogens with zero attached hydrogens (tertiary/aromatic N) is 1. The molecule has 0 radical (unpaired) electrons. The Kier molecular flexibility index (Phi) is 6.41. The van der Waals surface area contributed by atoms with Crippen molar-refractivity contribution in [1.82, 2.24) is 0 Å². The van der Waals surface area contributed by atoms with E-state index in [0.717, 1.165) is 12.1 Å². The Morgan fingerprint density at radius 3 is 1.36 bits per heavy atom. The van der Waals surface area contributed by atoms with Crippen molar-refractivity contribution in [2.75, 3.05) is 0 Å². The van der Waals surface area contributed by atoms with Crippen LogP contribution in [0.1, 0.15) is 23.0 Å². The summed E-state index contributed by atoms with van der Waals surface area (Å²) in [4.78, 5) is 1.87. The third-order valence-electron chi connectivity index (χ3n) is 8.68. The largest absolute Gasteiger partial charge is 0.301 e. The highest BCUT2D eigenvalue weighted by Crippen LogP contribution is 2.88. The summed E-state index contributed by atoms with van der Waals surface area (Å²) >= 11 is 82.5. The van der Waals surface area contributed by atoms with E-state index in [-0.39, 0.29) is 31.3 Å². The van der Waals surface area contributed by atoms with E-state index in [4.69, 9.17) is 139 Å². The molecule has 1 aromatic rings. The second-order valence-electron chi connectivity index (χ2n) is 9.94. The van der Waals surface area contributed by atoms with Gasteiger partial charge in [-0.2, -0.15) is 8.42 Å². The van der Waals surface area contributed by atoms with Crippen molar-refractivity contribution >= 4 is 155 Å². The Labute approximate surface area is 280 Å². The van der Waals surface area contributed by atoms with Crippen molar-refractivity contribution < 1.29 is 17.9 Å². The molecule has 2 fully saturated rings. The van der Waals surface area contributed by atoms with E-state index >= 15 is 0 Å². The molecule has 0 unspecified atom stereocenters. The van der Waals surface area contributed by atoms with Crippen LogP contribution >= 0.6 is 139 Å². The number of nitro groups is 1. The molecule has 5 aliphatic carbocycles. The minimum Gasteiger partial charge on any atom is -0.282 e. The van der Waals surface area contributed by atoms with Gasteiger partial charge in [0.2, 0.25) is 0 Å². The van der Waals surface area contributed by atoms with Crippen LogP contribution in [0.15, 0.2) is 37.2 Å². The molecular weight excluding hydrogens is 792 g/mol. The van der Waals surface area contributed by atoms with Gasteiger partial charge in [0.25, 0.3) is 5.69 Å². The number of hydrogen-bond donors (Lipinski definition) is 1. The average molecular weight is 799 g/mol. The lowest BCUT2D eigenvalue weighted by Gasteiger charge is -2.52. The number of benzene rings is 1. The van der Waals surface area contributed by atoms with Crippen molar-refractivity contribution in [3.8, 4) is 0 Å². The molecule has 8 atom stereocenters. The van der Waals surface area contributed by atoms with Gasteiger partial charge in [0, 0.05) is 29.7 Å². The van der Waals surface area contributed by atoms with Gasteiger partial charge in [-0.3, -0.25) is 14.7 Å². The summed E-state index contributed by atoms with van der Waals surface area (Å²) < 4.78 is 30.1. The number of fused-ring (bicyclic) bond motifs is 14. The molecule has 0 spiro atoms. The Bertz CT molecular complexity index is 1630. The van der Waals surface area contributed by atoms with Crippen molar-refractivity contribution in [3.63, 3.8) is 0 Å². The highest BCUT2D eigenvalue weighted by atomic mass is 35.5. The summed E-state index contributed by atoms with van der Waals surface area (Å²) in [5.74, 6) is -4.76. The number of halogens is 12. The van der Waals surface area contributed by atoms with E-state index in [2.05, 4.69) is 0 Å². The molecule has 0 saturated heterocycles. The fourth-order valence-electron chi connectivity index (χ4n) is 7.26. The summed E-state index contributed by atoms with van der Waals surface area (Å²) in [5, 5.41) is 11.1. The molecule has 2 saturated carbocycles. The molecule has 5 aliphatic rings. The quantitative estimate of drug-likeness (QED) is 0.140. The summed E-state index contributed by atoms with van der Waals surface area (Å²) in [7, 11) is -5.17. The van der Waals surface area contributed by atoms with Crippen LogP contribution in [0.4, 0.5) is 5.69 Å². The normalized spacial score (nSPS) is 44.5. The van der Waals surface area contributed by atoms with Crippen LogP contribution in [0.3, 0.4) is 0 Å². The molecule has 1 N–H and O–H groups in total. The average Bonchev–Trinajstić information content (AvgIpc) is 3.16. The van der Waals surface area contributed by atoms with Gasteiger partial charge in [0.1, 0.15) is 19.5 Å². The van der Waals surface area contributed by atoms with Crippen LogP contribution in [-0.2, 0) is 10.1 Å². The van der Waals surface area contributed by atoms with Gasteiger partial charge >= 0.3 is 10.1 Å². The molecule has 0 amide bonds. The third-order valence-corrected chi connectivity index (χ3v) is 18.1. The molecule has 1 aromatic carbocycles. The molecule has 0 heterocycles. The van der Waals surface area contributed by atoms with E-state index in [1.807, 2.05) is 0 Å². The van der Waals surface area contributed by atoms with Crippen LogP contribution in [0.5, 0.6) is 0 Å². The highest BCUT2D eigenvalue weighted by molar-refractivity contribution is 7.86. The van der Waals surface area contributed by atoms with E-state index in [1.54, 1.807) is 0 Å². The van der Waals surface area contributed by atoms with E-state index in [9.17, 15) is 23.1 Å². The fourth-order valence-corrected chi connectivity index (χ4v) is 14.0. The lowest BCUT2D eigenvalue weighted by Crippen LogP contribution is -2.53. The molecule has 6 rings (SSSR count). The number of alkyl halides is 8. The van der Waals surface area contributed by atoms with E-state index in [0.29, 0.717) is 0 Å². The number of allylic oxidation sites excluding steroid dienone is 4. The molecular formula is C20H7Cl12NO5S. The van der Waals surface area contributed by atoms with Gasteiger partial charge < -0.3 is 0 Å². The highest BCUT2D eigenvalue weighted by Gasteiger charge is 2.92. The van der Waals surface area contributed by atoms with Crippen molar-refractivity contribution in [2.45, 2.75) is 44.9 Å². The van der Waals surface area contributed by atoms with Gasteiger partial charge in [0.15, 0.2) is 13.6 Å². The predicted molar refractivity (Wildman–Crippen MR) is 156 cm³/mol. The summed E-state index contributed by atoms with van der Waals surface area (Å²) in [6, 6.07) is 1.76. The lowest BCUT2D eigenvalue weighted by atomic mass is 9.57. The van der Waals surface area contributed by atoms with Gasteiger partial charge in [-0.15, -0.1) is 46.4 Å². The monoisotopic (exact) mass is 793 g/mol. The maximum absolute atomic E-state index is 12.3. The minimum absolute atomic E-state index is 0.0115. The van der Waals surface area contributed by atoms with Crippen molar-refractivity contribution in [2.24, 2.45) is 11.8 Å². The Morgan fingerprint density at radius 1 is 0.692 bits per heavy atom. The Hall–Kier alpha value is 1.49. The van der Waals surface area contributed by atoms with Gasteiger partial charge in [0.05, 0.1) is 25.1 Å². The third kappa shape index (κ3) is 2.85. The zero-order valence-corrected chi connectivity index (χ0v) is 27.8. The minimum atomic E-state index is -5.17. The van der Waals surface area contributed by atoms with Crippen LogP contribution in [0.25, 0.3) is 0 Å². The van der Waals surface area contributed by atoms with Crippen LogP contribution in [0, 0.1) is 22.0 Å².